The molecule has 4 fully saturated rings. The lowest BCUT2D eigenvalue weighted by molar-refractivity contribution is -0.261. The van der Waals surface area contributed by atoms with Gasteiger partial charge in [-0.2, -0.15) is 0 Å². The molecule has 0 bridgehead atoms. The summed E-state index contributed by atoms with van der Waals surface area (Å²) in [6.45, 7) is 18.1. The van der Waals surface area contributed by atoms with Gasteiger partial charge in [-0.1, -0.05) is 61.3 Å². The maximum Gasteiger partial charge on any atom is 0.293 e. The summed E-state index contributed by atoms with van der Waals surface area (Å²) in [5.41, 5.74) is 0.712. The van der Waals surface area contributed by atoms with Crippen molar-refractivity contribution in [2.45, 2.75) is 131 Å². The SMILES string of the molecule is CC(C)(CCCOC=O)CC1CCC[C@]2(C)C1[C@H](O)C[C@@H]1[C@@]3(C)CC[C@H](O)C(C)(C)[C@@H]3CC[C@]12C. The van der Waals surface area contributed by atoms with Gasteiger partial charge in [0.1, 0.15) is 0 Å². The van der Waals surface area contributed by atoms with Crippen molar-refractivity contribution in [2.24, 2.45) is 50.7 Å². The van der Waals surface area contributed by atoms with Gasteiger partial charge >= 0.3 is 0 Å². The number of ether oxygens (including phenoxy) is 1. The first-order valence-corrected chi connectivity index (χ1v) is 14.6. The predicted octanol–water partition coefficient (Wildman–Crippen LogP) is 6.76. The molecule has 4 heteroatoms. The van der Waals surface area contributed by atoms with E-state index in [9.17, 15) is 15.0 Å². The fraction of sp³-hybridized carbons (Fsp3) is 0.968. The summed E-state index contributed by atoms with van der Waals surface area (Å²) < 4.78 is 4.95. The van der Waals surface area contributed by atoms with E-state index in [1.807, 2.05) is 0 Å². The minimum atomic E-state index is -0.233. The molecular formula is C31H54O4. The Bertz CT molecular complexity index is 776. The fourth-order valence-corrected chi connectivity index (χ4v) is 10.9. The van der Waals surface area contributed by atoms with E-state index in [4.69, 9.17) is 4.74 Å². The van der Waals surface area contributed by atoms with Crippen molar-refractivity contribution in [1.82, 2.24) is 0 Å². The number of rotatable bonds is 7. The van der Waals surface area contributed by atoms with E-state index in [2.05, 4.69) is 48.5 Å². The first-order valence-electron chi connectivity index (χ1n) is 14.6. The molecule has 9 atom stereocenters. The van der Waals surface area contributed by atoms with Crippen LogP contribution in [0, 0.1) is 50.7 Å². The molecule has 0 aromatic heterocycles. The van der Waals surface area contributed by atoms with Crippen LogP contribution in [-0.4, -0.2) is 35.5 Å². The zero-order valence-electron chi connectivity index (χ0n) is 23.7. The van der Waals surface area contributed by atoms with Crippen molar-refractivity contribution in [3.63, 3.8) is 0 Å². The molecule has 0 saturated heterocycles. The molecule has 2 unspecified atom stereocenters. The van der Waals surface area contributed by atoms with Crippen LogP contribution in [0.2, 0.25) is 0 Å². The van der Waals surface area contributed by atoms with Crippen LogP contribution in [-0.2, 0) is 9.53 Å². The van der Waals surface area contributed by atoms with Gasteiger partial charge in [0.15, 0.2) is 0 Å². The van der Waals surface area contributed by atoms with Crippen molar-refractivity contribution in [3.05, 3.63) is 0 Å². The topological polar surface area (TPSA) is 66.8 Å². The van der Waals surface area contributed by atoms with E-state index in [0.29, 0.717) is 36.8 Å². The van der Waals surface area contributed by atoms with Crippen LogP contribution in [0.3, 0.4) is 0 Å². The fourth-order valence-electron chi connectivity index (χ4n) is 10.9. The molecule has 0 heterocycles. The Morgan fingerprint density at radius 2 is 1.66 bits per heavy atom. The van der Waals surface area contributed by atoms with Gasteiger partial charge in [0.25, 0.3) is 6.47 Å². The van der Waals surface area contributed by atoms with Crippen LogP contribution in [0.5, 0.6) is 0 Å². The number of hydrogen-bond donors (Lipinski definition) is 2. The van der Waals surface area contributed by atoms with Gasteiger partial charge in [0.2, 0.25) is 0 Å². The van der Waals surface area contributed by atoms with Gasteiger partial charge in [-0.3, -0.25) is 4.79 Å². The number of hydrogen-bond acceptors (Lipinski definition) is 4. The Morgan fingerprint density at radius 1 is 0.943 bits per heavy atom. The molecule has 4 aliphatic rings. The average Bonchev–Trinajstić information content (AvgIpc) is 2.76. The number of carbonyl (C=O) groups is 1. The Kier molecular flexibility index (Phi) is 7.28. The Hall–Kier alpha value is -0.610. The smallest absolute Gasteiger partial charge is 0.293 e. The molecule has 0 spiro atoms. The van der Waals surface area contributed by atoms with E-state index in [-0.39, 0.29) is 39.3 Å². The lowest BCUT2D eigenvalue weighted by atomic mass is 9.33. The van der Waals surface area contributed by atoms with Crippen molar-refractivity contribution >= 4 is 6.47 Å². The van der Waals surface area contributed by atoms with Crippen LogP contribution in [0.15, 0.2) is 0 Å². The van der Waals surface area contributed by atoms with E-state index < -0.39 is 0 Å². The highest BCUT2D eigenvalue weighted by Crippen LogP contribution is 2.74. The first-order chi connectivity index (χ1) is 16.2. The molecule has 0 amide bonds. The van der Waals surface area contributed by atoms with E-state index >= 15 is 0 Å². The first kappa shape index (κ1) is 27.4. The summed E-state index contributed by atoms with van der Waals surface area (Å²) in [6, 6.07) is 0. The van der Waals surface area contributed by atoms with Gasteiger partial charge in [-0.15, -0.1) is 0 Å². The van der Waals surface area contributed by atoms with Crippen LogP contribution in [0.4, 0.5) is 0 Å². The molecule has 0 aromatic carbocycles. The minimum absolute atomic E-state index is 0.0519. The Labute approximate surface area is 215 Å². The van der Waals surface area contributed by atoms with Crippen molar-refractivity contribution in [2.75, 3.05) is 6.61 Å². The summed E-state index contributed by atoms with van der Waals surface area (Å²) in [6.07, 6.45) is 11.7. The second-order valence-corrected chi connectivity index (χ2v) is 15.3. The maximum atomic E-state index is 11.9. The summed E-state index contributed by atoms with van der Waals surface area (Å²) in [5, 5.41) is 22.8. The molecule has 4 saturated carbocycles. The van der Waals surface area contributed by atoms with E-state index in [1.165, 1.54) is 32.1 Å². The molecule has 4 rings (SSSR count). The minimum Gasteiger partial charge on any atom is -0.468 e. The van der Waals surface area contributed by atoms with Crippen molar-refractivity contribution < 1.29 is 19.7 Å². The summed E-state index contributed by atoms with van der Waals surface area (Å²) in [5.74, 6) is 1.96. The third-order valence-corrected chi connectivity index (χ3v) is 12.7. The summed E-state index contributed by atoms with van der Waals surface area (Å²) in [4.78, 5) is 10.5. The van der Waals surface area contributed by atoms with Gasteiger partial charge in [0, 0.05) is 0 Å². The molecule has 4 aliphatic carbocycles. The quantitative estimate of drug-likeness (QED) is 0.305. The maximum absolute atomic E-state index is 11.9. The third-order valence-electron chi connectivity index (χ3n) is 12.7. The number of carbonyl (C=O) groups excluding carboxylic acids is 1. The lowest BCUT2D eigenvalue weighted by Crippen LogP contribution is -2.68. The van der Waals surface area contributed by atoms with Crippen molar-refractivity contribution in [3.8, 4) is 0 Å². The van der Waals surface area contributed by atoms with E-state index in [1.54, 1.807) is 0 Å². The predicted molar refractivity (Wildman–Crippen MR) is 141 cm³/mol. The molecule has 2 N–H and O–H groups in total. The molecule has 0 aliphatic heterocycles. The largest absolute Gasteiger partial charge is 0.468 e. The second-order valence-electron chi connectivity index (χ2n) is 15.3. The van der Waals surface area contributed by atoms with Crippen LogP contribution in [0.25, 0.3) is 0 Å². The highest BCUT2D eigenvalue weighted by molar-refractivity contribution is 5.36. The summed E-state index contributed by atoms with van der Waals surface area (Å²) in [7, 11) is 0. The highest BCUT2D eigenvalue weighted by atomic mass is 16.5. The summed E-state index contributed by atoms with van der Waals surface area (Å²) >= 11 is 0. The Balaban J connectivity index is 1.60. The Morgan fingerprint density at radius 3 is 2.34 bits per heavy atom. The molecule has 0 radical (unpaired) electrons. The molecule has 202 valence electrons. The van der Waals surface area contributed by atoms with Crippen molar-refractivity contribution in [1.29, 1.82) is 0 Å². The lowest BCUT2D eigenvalue weighted by Gasteiger charge is -2.72. The number of aliphatic hydroxyl groups excluding tert-OH is 2. The average molecular weight is 491 g/mol. The van der Waals surface area contributed by atoms with Crippen LogP contribution >= 0.6 is 0 Å². The monoisotopic (exact) mass is 490 g/mol. The van der Waals surface area contributed by atoms with Gasteiger partial charge in [-0.25, -0.2) is 0 Å². The normalized spacial score (nSPS) is 47.2. The second kappa shape index (κ2) is 9.29. The van der Waals surface area contributed by atoms with Crippen LogP contribution < -0.4 is 0 Å². The van der Waals surface area contributed by atoms with Gasteiger partial charge < -0.3 is 14.9 Å². The van der Waals surface area contributed by atoms with Gasteiger partial charge in [0.05, 0.1) is 18.8 Å². The zero-order valence-corrected chi connectivity index (χ0v) is 23.7. The molecule has 0 aromatic rings. The molecule has 35 heavy (non-hydrogen) atoms. The highest BCUT2D eigenvalue weighted by Gasteiger charge is 2.69. The number of fused-ring (bicyclic) bond motifs is 5. The van der Waals surface area contributed by atoms with E-state index in [0.717, 1.165) is 38.5 Å². The number of aliphatic hydroxyl groups is 2. The molecular weight excluding hydrogens is 436 g/mol. The standard InChI is InChI=1S/C31H54O4/c1-27(2,13-9-17-35-20-32)19-21-10-8-14-31(7)26(21)22(33)18-24-29(5)15-12-25(34)28(3,4)23(29)11-16-30(24,31)6/h20-26,33-34H,8-19H2,1-7H3/t21?,22-,23+,24-,25+,26?,29+,30-,31-/m1/s1. The molecule has 4 nitrogen and oxygen atoms in total. The van der Waals surface area contributed by atoms with Gasteiger partial charge in [-0.05, 0) is 109 Å². The third kappa shape index (κ3) is 4.31. The zero-order chi connectivity index (χ0) is 25.9. The van der Waals surface area contributed by atoms with Crippen LogP contribution in [0.1, 0.15) is 119 Å².